The van der Waals surface area contributed by atoms with Crippen molar-refractivity contribution in [1.29, 1.82) is 10.5 Å². The minimum Gasteiger partial charge on any atom is -0.497 e. The number of aryl methyl sites for hydroxylation is 5. The molecule has 1 aliphatic rings. The summed E-state index contributed by atoms with van der Waals surface area (Å²) in [5.74, 6) is 0.550. The summed E-state index contributed by atoms with van der Waals surface area (Å²) in [6.45, 7) is 10.8. The molecular weight excluding hydrogens is 1500 g/mol. The zero-order chi connectivity index (χ0) is 82.3. The van der Waals surface area contributed by atoms with Gasteiger partial charge < -0.3 is 14.8 Å². The molecule has 0 spiro atoms. The average molecular weight is 1570 g/mol. The van der Waals surface area contributed by atoms with Crippen LogP contribution in [0.25, 0.3) is 102 Å². The number of methoxy groups -OCH3 is 2. The van der Waals surface area contributed by atoms with Crippen LogP contribution < -0.4 is 43.6 Å². The number of aromatic amines is 3. The van der Waals surface area contributed by atoms with Crippen molar-refractivity contribution in [3.63, 3.8) is 0 Å². The van der Waals surface area contributed by atoms with Crippen LogP contribution in [0.1, 0.15) is 51.7 Å². The van der Waals surface area contributed by atoms with Crippen molar-refractivity contribution in [2.24, 2.45) is 0 Å². The van der Waals surface area contributed by atoms with Crippen LogP contribution in [0.2, 0.25) is 0 Å². The molecule has 1 aliphatic heterocycles. The van der Waals surface area contributed by atoms with Gasteiger partial charge in [-0.15, -0.1) is 10.2 Å². The van der Waals surface area contributed by atoms with Crippen molar-refractivity contribution in [3.8, 4) is 91.0 Å². The molecule has 0 radical (unpaired) electrons. The smallest absolute Gasteiger partial charge is 0.358 e. The number of carbonyl (C=O) groups is 1. The number of aromatic nitrogens is 15. The van der Waals surface area contributed by atoms with E-state index in [9.17, 15) is 47.7 Å². The molecule has 117 heavy (non-hydrogen) atoms. The highest BCUT2D eigenvalue weighted by atomic mass is 32.2. The van der Waals surface area contributed by atoms with E-state index in [0.717, 1.165) is 83.0 Å². The molecular formula is C88H70N18O10S. The Morgan fingerprint density at radius 2 is 1.10 bits per heavy atom. The van der Waals surface area contributed by atoms with E-state index >= 15 is 0 Å². The molecule has 17 aromatic rings. The predicted octanol–water partition coefficient (Wildman–Crippen LogP) is 12.0. The monoisotopic (exact) mass is 1570 g/mol. The second-order valence-electron chi connectivity index (χ2n) is 26.8. The Hall–Kier alpha value is -16.0. The number of rotatable bonds is 10. The summed E-state index contributed by atoms with van der Waals surface area (Å²) in [5.41, 5.74) is 14.5. The Balaban J connectivity index is 0.000000123. The first-order chi connectivity index (χ1) is 56.5. The number of nitriles is 2. The maximum Gasteiger partial charge on any atom is 0.358 e. The molecule has 0 fully saturated rings. The molecule has 0 bridgehead atoms. The molecule has 0 saturated carbocycles. The van der Waals surface area contributed by atoms with E-state index in [1.807, 2.05) is 233 Å². The minimum atomic E-state index is -3.96. The van der Waals surface area contributed by atoms with Gasteiger partial charge in [-0.1, -0.05) is 199 Å². The van der Waals surface area contributed by atoms with Gasteiger partial charge in [0.15, 0.2) is 22.8 Å². The van der Waals surface area contributed by atoms with Crippen molar-refractivity contribution in [2.45, 2.75) is 41.5 Å². The van der Waals surface area contributed by atoms with Gasteiger partial charge in [-0.25, -0.2) is 50.0 Å². The first-order valence-electron chi connectivity index (χ1n) is 36.2. The highest BCUT2D eigenvalue weighted by Crippen LogP contribution is 2.38. The van der Waals surface area contributed by atoms with Crippen LogP contribution >= 0.6 is 0 Å². The molecule has 9 aromatic heterocycles. The normalized spacial score (nSPS) is 12.0. The van der Waals surface area contributed by atoms with E-state index in [4.69, 9.17) is 4.74 Å². The second kappa shape index (κ2) is 33.1. The van der Waals surface area contributed by atoms with Gasteiger partial charge in [-0.3, -0.25) is 24.8 Å². The summed E-state index contributed by atoms with van der Waals surface area (Å²) < 4.78 is 43.0. The highest BCUT2D eigenvalue weighted by molar-refractivity contribution is 7.94. The topological polar surface area (TPSA) is 367 Å². The van der Waals surface area contributed by atoms with E-state index in [2.05, 4.69) is 61.6 Å². The van der Waals surface area contributed by atoms with Gasteiger partial charge in [0.2, 0.25) is 0 Å². The summed E-state index contributed by atoms with van der Waals surface area (Å²) in [4.78, 5) is 89.3. The fourth-order valence-corrected chi connectivity index (χ4v) is 14.2. The predicted molar refractivity (Wildman–Crippen MR) is 445 cm³/mol. The van der Waals surface area contributed by atoms with Crippen molar-refractivity contribution in [1.82, 2.24) is 71.9 Å². The van der Waals surface area contributed by atoms with Gasteiger partial charge in [0.1, 0.15) is 51.9 Å². The lowest BCUT2D eigenvalue weighted by Gasteiger charge is -2.21. The van der Waals surface area contributed by atoms with Crippen LogP contribution in [0.3, 0.4) is 0 Å². The average Bonchev–Trinajstić information content (AvgIpc) is 1.57. The van der Waals surface area contributed by atoms with Gasteiger partial charge in [-0.05, 0) is 112 Å². The number of fused-ring (bicyclic) bond motifs is 5. The number of hydrogen-bond acceptors (Lipinski definition) is 19. The standard InChI is InChI=1S/C27H18N4O2.C19H16N4O.C16H13N3O4S.C14H13N3O2.C12H10N4O/c1-18-12-14-21(15-13-18)30-26(32)29-25-22(17-28)24(20-10-6-3-7-11-20)23(31(25)27(30)33)16-19-8-4-2-5-9-19;1-12-3-7-14(8-4-12)16-11-17-20-19(24)21-18(23(17)22-16)15-9-5-13(2)6-10-15;1-10-14(16(20)23-2)18-15-12(8-17)13(9-19(15)24(10,21)22)11-6-4-3-5-7-11;1-9-7-14(18)17-13(15-9)8-12(16-17)10-3-5-11(19-2)6-4-10;1-8-12(17)16-11(14-13-8)7-10(15-16)9-5-3-2-4-6-9/h2-16H,1H3;3-11H,1-2H3,(H,20,24);3-7,9,18H,1-2H3;3-8,16H,1-2H3;2-7,15H,1H3/b23-16+;;;;. The van der Waals surface area contributed by atoms with Gasteiger partial charge in [-0.2, -0.15) is 34.6 Å². The molecule has 18 rings (SSSR count). The molecule has 578 valence electrons. The molecule has 4 N–H and O–H groups in total. The summed E-state index contributed by atoms with van der Waals surface area (Å²) in [6.07, 6.45) is 3.21. The second-order valence-corrected chi connectivity index (χ2v) is 28.8. The Morgan fingerprint density at radius 1 is 0.556 bits per heavy atom. The number of benzene rings is 8. The Labute approximate surface area is 665 Å². The van der Waals surface area contributed by atoms with Crippen molar-refractivity contribution in [2.75, 3.05) is 19.5 Å². The zero-order valence-electron chi connectivity index (χ0n) is 64.0. The maximum atomic E-state index is 13.7. The molecule has 0 saturated heterocycles. The van der Waals surface area contributed by atoms with Crippen molar-refractivity contribution >= 4 is 50.5 Å². The summed E-state index contributed by atoms with van der Waals surface area (Å²) in [5, 5.41) is 41.3. The number of allylic oxidation sites excluding steroid dienone is 1. The van der Waals surface area contributed by atoms with E-state index in [1.165, 1.54) is 38.2 Å². The number of nitrogens with one attached hydrogen (secondary N) is 4. The van der Waals surface area contributed by atoms with Crippen LogP contribution in [0.4, 0.5) is 5.82 Å². The lowest BCUT2D eigenvalue weighted by atomic mass is 10.0. The number of nitrogens with zero attached hydrogens (tertiary/aromatic N) is 14. The lowest BCUT2D eigenvalue weighted by molar-refractivity contribution is -0.136. The maximum absolute atomic E-state index is 13.7. The molecule has 29 heteroatoms. The van der Waals surface area contributed by atoms with Crippen LogP contribution in [0.15, 0.2) is 283 Å². The third-order valence-corrected chi connectivity index (χ3v) is 20.7. The molecule has 0 atom stereocenters. The van der Waals surface area contributed by atoms with Gasteiger partial charge in [0.05, 0.1) is 47.2 Å². The van der Waals surface area contributed by atoms with Gasteiger partial charge in [0.25, 0.3) is 21.1 Å². The number of esters is 1. The van der Waals surface area contributed by atoms with Crippen LogP contribution in [0, 0.1) is 57.3 Å². The molecule has 0 amide bonds. The molecule has 8 aromatic carbocycles. The molecule has 0 aliphatic carbocycles. The largest absolute Gasteiger partial charge is 0.497 e. The van der Waals surface area contributed by atoms with E-state index in [-0.39, 0.29) is 50.0 Å². The number of H-pyrrole nitrogens is 3. The van der Waals surface area contributed by atoms with Crippen LogP contribution in [0.5, 0.6) is 5.75 Å². The summed E-state index contributed by atoms with van der Waals surface area (Å²) in [7, 11) is -1.18. The minimum absolute atomic E-state index is 0.0300. The highest BCUT2D eigenvalue weighted by Gasteiger charge is 2.36. The fourth-order valence-electron chi connectivity index (χ4n) is 12.9. The Morgan fingerprint density at radius 3 is 1.70 bits per heavy atom. The molecule has 0 unspecified atom stereocenters. The number of hydrogen-bond donors (Lipinski definition) is 4. The number of ether oxygens (including phenoxy) is 2. The zero-order valence-corrected chi connectivity index (χ0v) is 64.8. The first kappa shape index (κ1) is 77.7. The quantitative estimate of drug-likeness (QED) is 0.0924. The van der Waals surface area contributed by atoms with Crippen LogP contribution in [-0.2, 0) is 19.6 Å². The summed E-state index contributed by atoms with van der Waals surface area (Å²) >= 11 is 0. The first-order valence-corrected chi connectivity index (χ1v) is 37.7. The fraction of sp³-hybridized carbons (Fsp3) is 0.0909. The van der Waals surface area contributed by atoms with E-state index in [0.29, 0.717) is 61.9 Å². The third-order valence-electron chi connectivity index (χ3n) is 19.0. The number of carbonyl (C=O) groups excluding carboxylic acids is 1. The van der Waals surface area contributed by atoms with Crippen LogP contribution in [-0.4, -0.2) is 101 Å². The Kier molecular flexibility index (Phi) is 22.0. The van der Waals surface area contributed by atoms with Gasteiger partial charge in [0, 0.05) is 58.4 Å². The molecule has 28 nitrogen and oxygen atoms in total. The van der Waals surface area contributed by atoms with E-state index < -0.39 is 27.4 Å². The van der Waals surface area contributed by atoms with Crippen molar-refractivity contribution in [3.05, 3.63) is 362 Å². The van der Waals surface area contributed by atoms with Gasteiger partial charge >= 0.3 is 23.0 Å². The lowest BCUT2D eigenvalue weighted by Crippen LogP contribution is -2.41. The Bertz CT molecular complexity index is 7280. The molecule has 10 heterocycles. The number of anilines is 1. The summed E-state index contributed by atoms with van der Waals surface area (Å²) in [6, 6.07) is 79.5. The third kappa shape index (κ3) is 16.0. The SMILES string of the molecule is COC(=O)C1=C(C)S(=O)(=O)n2cc(-c3ccccc3)c(C#N)c2N1.COc1ccc(-c2cc3nc(C)cc(=O)n3[nH]2)cc1.Cc1ccc(-c2cc3[nH]c(=O)nc(-c4ccc(C)cc4)n3n2)cc1.Cc1ccc(-n2c(=O)nc3c(C#N)c(-c4ccccc4)/c(=C\c4ccccc4)n3c2=O)cc1.Cc1nnc2cc(-c3ccccc3)[nH]n2c1=O. The van der Waals surface area contributed by atoms with E-state index in [1.54, 1.807) is 61.9 Å². The van der Waals surface area contributed by atoms with Crippen molar-refractivity contribution < 1.29 is 22.7 Å².